The zero-order valence-corrected chi connectivity index (χ0v) is 48.4. The van der Waals surface area contributed by atoms with E-state index in [2.05, 4.69) is 149 Å². The molecule has 0 unspecified atom stereocenters. The molecule has 0 amide bonds. The van der Waals surface area contributed by atoms with E-state index >= 15 is 0 Å². The average Bonchev–Trinajstić information content (AvgIpc) is 4.05. The number of halogens is 4. The van der Waals surface area contributed by atoms with Crippen LogP contribution in [-0.4, -0.2) is 57.3 Å². The van der Waals surface area contributed by atoms with Crippen molar-refractivity contribution in [1.29, 1.82) is 0 Å². The molecule has 11 nitrogen and oxygen atoms in total. The van der Waals surface area contributed by atoms with Gasteiger partial charge in [-0.1, -0.05) is 102 Å². The van der Waals surface area contributed by atoms with Gasteiger partial charge in [-0.3, -0.25) is 15.0 Å². The minimum atomic E-state index is -1.46. The molecule has 0 saturated heterocycles. The molecular weight excluding hydrogens is 1120 g/mol. The van der Waals surface area contributed by atoms with E-state index in [1.54, 1.807) is 55.1 Å². The average molecular weight is 1180 g/mol. The Kier molecular flexibility index (Phi) is 19.1. The number of hydrogen-bond acceptors (Lipinski definition) is 10. The summed E-state index contributed by atoms with van der Waals surface area (Å²) < 4.78 is 24.5. The van der Waals surface area contributed by atoms with E-state index in [4.69, 9.17) is 52.4 Å². The molecule has 0 saturated carbocycles. The van der Waals surface area contributed by atoms with Crippen molar-refractivity contribution in [3.63, 3.8) is 0 Å². The first kappa shape index (κ1) is 54.3. The molecule has 0 fully saturated rings. The Hall–Kier alpha value is -4.27. The third-order valence-electron chi connectivity index (χ3n) is 8.82. The second kappa shape index (κ2) is 23.2. The van der Waals surface area contributed by atoms with Gasteiger partial charge in [0.05, 0.1) is 26.2 Å². The van der Waals surface area contributed by atoms with E-state index in [-0.39, 0.29) is 5.75 Å². The molecule has 9 aromatic rings. The molecule has 0 aliphatic rings. The SMILES string of the molecule is C#C[Si](C)(C)C.C[Si](C)(C)c1cc2c(ccc[n+]2[O-])o1.C[Si](C)(C)c1cc2nccc(Cl)c2o1.C[Si](C)(C)c1cc2ncccc2o1.Clc1ccnc2cc(I)oc12.Oc1cccnc1Br. The molecular formula is C47H55BrCl2IN5O6Si4. The summed E-state index contributed by atoms with van der Waals surface area (Å²) in [6.07, 6.45) is 13.4. The van der Waals surface area contributed by atoms with Gasteiger partial charge in [0.1, 0.15) is 59.2 Å². The maximum absolute atomic E-state index is 11.4. The van der Waals surface area contributed by atoms with Gasteiger partial charge in [-0.25, -0.2) is 4.98 Å². The van der Waals surface area contributed by atoms with Gasteiger partial charge < -0.3 is 28.0 Å². The summed E-state index contributed by atoms with van der Waals surface area (Å²) in [4.78, 5) is 16.3. The van der Waals surface area contributed by atoms with Crippen molar-refractivity contribution in [2.75, 3.05) is 0 Å². The minimum absolute atomic E-state index is 0.174. The lowest BCUT2D eigenvalue weighted by atomic mass is 10.4. The fourth-order valence-corrected chi connectivity index (χ4v) is 9.22. The van der Waals surface area contributed by atoms with Gasteiger partial charge in [-0.05, 0) is 81.0 Å². The molecule has 0 aromatic carbocycles. The van der Waals surface area contributed by atoms with E-state index in [9.17, 15) is 5.21 Å². The normalized spacial score (nSPS) is 11.4. The highest BCUT2D eigenvalue weighted by Gasteiger charge is 2.25. The summed E-state index contributed by atoms with van der Waals surface area (Å²) in [5.41, 5.74) is 8.97. The molecule has 9 aromatic heterocycles. The van der Waals surface area contributed by atoms with Gasteiger partial charge in [-0.15, -0.1) is 12.0 Å². The molecule has 19 heteroatoms. The summed E-state index contributed by atoms with van der Waals surface area (Å²) in [7, 11) is -5.29. The van der Waals surface area contributed by atoms with Crippen LogP contribution in [0.1, 0.15) is 0 Å². The van der Waals surface area contributed by atoms with Crippen molar-refractivity contribution >= 4 is 155 Å². The summed E-state index contributed by atoms with van der Waals surface area (Å²) in [5, 5.41) is 24.6. The second-order valence-electron chi connectivity index (χ2n) is 18.8. The van der Waals surface area contributed by atoms with E-state index in [0.29, 0.717) is 36.9 Å². The summed E-state index contributed by atoms with van der Waals surface area (Å²) in [6, 6.07) is 21.9. The predicted molar refractivity (Wildman–Crippen MR) is 295 cm³/mol. The molecule has 0 spiro atoms. The molecule has 0 radical (unpaired) electrons. The fraction of sp³-hybridized carbons (Fsp3) is 0.255. The third-order valence-corrected chi connectivity index (χ3v) is 16.6. The number of aromatic nitrogens is 5. The largest absolute Gasteiger partial charge is 0.618 e. The highest BCUT2D eigenvalue weighted by atomic mass is 127. The Bertz CT molecular complexity index is 2910. The molecule has 0 bridgehead atoms. The Balaban J connectivity index is 0.000000177. The van der Waals surface area contributed by atoms with Gasteiger partial charge >= 0.3 is 0 Å². The zero-order chi connectivity index (χ0) is 49.2. The van der Waals surface area contributed by atoms with Gasteiger partial charge in [0.2, 0.25) is 0 Å². The maximum atomic E-state index is 11.4. The number of nitrogens with zero attached hydrogens (tertiary/aromatic N) is 5. The lowest BCUT2D eigenvalue weighted by Gasteiger charge is -2.10. The van der Waals surface area contributed by atoms with Gasteiger partial charge in [0.25, 0.3) is 5.52 Å². The van der Waals surface area contributed by atoms with Crippen molar-refractivity contribution in [1.82, 2.24) is 19.9 Å². The molecule has 9 rings (SSSR count). The molecule has 0 atom stereocenters. The van der Waals surface area contributed by atoms with Crippen LogP contribution in [0.5, 0.6) is 5.75 Å². The molecule has 0 aliphatic heterocycles. The van der Waals surface area contributed by atoms with Gasteiger partial charge in [0.15, 0.2) is 32.3 Å². The van der Waals surface area contributed by atoms with Crippen LogP contribution in [0.3, 0.4) is 0 Å². The predicted octanol–water partition coefficient (Wildman–Crippen LogP) is 13.1. The molecule has 66 heavy (non-hydrogen) atoms. The Morgan fingerprint density at radius 3 is 1.55 bits per heavy atom. The van der Waals surface area contributed by atoms with Crippen molar-refractivity contribution in [2.45, 2.75) is 78.6 Å². The fourth-order valence-electron chi connectivity index (χ4n) is 5.12. The van der Waals surface area contributed by atoms with Gasteiger partial charge in [-0.2, -0.15) is 4.73 Å². The standard InChI is InChI=1S/C10H12ClNOSi.C10H13NO2Si.C10H13NOSi.C7H3ClINO.C5H4BrNO.C5H10Si/c1-14(2,3)9-6-8-10(13-9)7(11)4-5-12-8;1-14(2,3)10-7-8-9(13-10)5-4-6-11(8)12;1-13(2,3)10-7-8-9(12-10)5-4-6-11-8;8-4-1-2-10-5-3-6(9)11-7(4)5;6-5-4(8)2-1-3-7-5;1-5-6(2,3)4/h4-6H,1-3H3;4-7H,1-3H3;4-7H,1-3H3;1-3H;1-3,8H;1H,2-4H3. The number of hydrogen-bond donors (Lipinski definition) is 1. The van der Waals surface area contributed by atoms with Crippen LogP contribution in [-0.2, 0) is 0 Å². The van der Waals surface area contributed by atoms with Crippen molar-refractivity contribution < 1.29 is 27.5 Å². The van der Waals surface area contributed by atoms with Gasteiger partial charge in [0, 0.05) is 55.1 Å². The van der Waals surface area contributed by atoms with E-state index < -0.39 is 32.3 Å². The molecule has 348 valence electrons. The molecule has 1 N–H and O–H groups in total. The number of pyridine rings is 5. The number of aromatic hydroxyl groups is 1. The topological polar surface area (TPSA) is 151 Å². The second-order valence-corrected chi connectivity index (χ2v) is 41.2. The lowest BCUT2D eigenvalue weighted by molar-refractivity contribution is -0.577. The van der Waals surface area contributed by atoms with Crippen LogP contribution in [0.15, 0.2) is 126 Å². The van der Waals surface area contributed by atoms with E-state index in [1.165, 1.54) is 6.20 Å². The number of rotatable bonds is 3. The summed E-state index contributed by atoms with van der Waals surface area (Å²) >= 11 is 17.0. The van der Waals surface area contributed by atoms with Crippen LogP contribution in [0.25, 0.3) is 44.4 Å². The smallest absolute Gasteiger partial charge is 0.262 e. The van der Waals surface area contributed by atoms with Crippen molar-refractivity contribution in [2.24, 2.45) is 0 Å². The van der Waals surface area contributed by atoms with Crippen LogP contribution < -0.4 is 20.9 Å². The molecule has 0 aliphatic carbocycles. The van der Waals surface area contributed by atoms with Crippen LogP contribution in [0.4, 0.5) is 0 Å². The zero-order valence-electron chi connectivity index (χ0n) is 39.1. The van der Waals surface area contributed by atoms with E-state index in [1.807, 2.05) is 36.4 Å². The number of fused-ring (bicyclic) bond motifs is 4. The van der Waals surface area contributed by atoms with Crippen LogP contribution in [0, 0.1) is 20.9 Å². The monoisotopic (exact) mass is 1170 g/mol. The first-order valence-corrected chi connectivity index (χ1v) is 37.3. The first-order valence-electron chi connectivity index (χ1n) is 20.7. The Labute approximate surface area is 422 Å². The minimum Gasteiger partial charge on any atom is -0.618 e. The quantitative estimate of drug-likeness (QED) is 0.0452. The Morgan fingerprint density at radius 1 is 0.621 bits per heavy atom. The third kappa shape index (κ3) is 16.2. The van der Waals surface area contributed by atoms with Crippen LogP contribution >= 0.6 is 61.7 Å². The van der Waals surface area contributed by atoms with Crippen molar-refractivity contribution in [3.8, 4) is 17.7 Å². The highest BCUT2D eigenvalue weighted by Crippen LogP contribution is 2.26. The summed E-state index contributed by atoms with van der Waals surface area (Å²) in [6.45, 7) is 26.5. The Morgan fingerprint density at radius 2 is 1.08 bits per heavy atom. The van der Waals surface area contributed by atoms with E-state index in [0.717, 1.165) is 46.8 Å². The van der Waals surface area contributed by atoms with Crippen LogP contribution in [0.2, 0.25) is 88.6 Å². The number of terminal acetylenes is 1. The number of furan rings is 4. The molecule has 9 heterocycles. The highest BCUT2D eigenvalue weighted by molar-refractivity contribution is 14.1. The summed E-state index contributed by atoms with van der Waals surface area (Å²) in [5.74, 6) is 0.174. The lowest BCUT2D eigenvalue weighted by Crippen LogP contribution is -2.36. The maximum Gasteiger partial charge on any atom is 0.262 e. The first-order chi connectivity index (χ1) is 30.7. The van der Waals surface area contributed by atoms with Crippen molar-refractivity contribution in [3.05, 3.63) is 127 Å².